The average Bonchev–Trinajstić information content (AvgIpc) is 1.86. The van der Waals surface area contributed by atoms with E-state index in [2.05, 4.69) is 4.90 Å². The number of aliphatic hydroxyl groups excluding tert-OH is 1. The van der Waals surface area contributed by atoms with E-state index in [1.54, 1.807) is 7.11 Å². The molecule has 0 aromatic rings. The van der Waals surface area contributed by atoms with E-state index < -0.39 is 0 Å². The van der Waals surface area contributed by atoms with Crippen molar-refractivity contribution in [2.45, 2.75) is 0 Å². The summed E-state index contributed by atoms with van der Waals surface area (Å²) in [6, 6.07) is 0. The van der Waals surface area contributed by atoms with Crippen LogP contribution < -0.4 is 0 Å². The molecular weight excluding hydrogens is 130 g/mol. The number of rotatable bonds is 4. The number of hydrogen-bond donors (Lipinski definition) is 1. The van der Waals surface area contributed by atoms with Gasteiger partial charge in [-0.05, 0) is 0 Å². The normalized spacial score (nSPS) is 21.0. The summed E-state index contributed by atoms with van der Waals surface area (Å²) in [7, 11) is 1.71. The van der Waals surface area contributed by atoms with Crippen LogP contribution in [0.3, 0.4) is 0 Å². The first-order valence-electron chi connectivity index (χ1n) is 3.69. The van der Waals surface area contributed by atoms with Crippen molar-refractivity contribution < 1.29 is 9.84 Å². The average molecular weight is 145 g/mol. The van der Waals surface area contributed by atoms with E-state index >= 15 is 0 Å². The molecule has 0 spiro atoms. The second-order valence-electron chi connectivity index (χ2n) is 2.80. The Labute approximate surface area is 61.6 Å². The number of ether oxygens (including phenoxy) is 1. The van der Waals surface area contributed by atoms with E-state index in [-0.39, 0.29) is 0 Å². The summed E-state index contributed by atoms with van der Waals surface area (Å²) in [6.45, 7) is 4.23. The van der Waals surface area contributed by atoms with E-state index in [4.69, 9.17) is 9.84 Å². The fraction of sp³-hybridized carbons (Fsp3) is 1.00. The van der Waals surface area contributed by atoms with E-state index in [0.29, 0.717) is 12.5 Å². The molecule has 1 aliphatic heterocycles. The van der Waals surface area contributed by atoms with Gasteiger partial charge in [-0.25, -0.2) is 0 Å². The highest BCUT2D eigenvalue weighted by atomic mass is 16.5. The highest BCUT2D eigenvalue weighted by Crippen LogP contribution is 2.12. The van der Waals surface area contributed by atoms with E-state index in [9.17, 15) is 0 Å². The van der Waals surface area contributed by atoms with Gasteiger partial charge in [-0.2, -0.15) is 0 Å². The summed E-state index contributed by atoms with van der Waals surface area (Å²) < 4.78 is 4.91. The van der Waals surface area contributed by atoms with Crippen LogP contribution in [0.15, 0.2) is 0 Å². The Kier molecular flexibility index (Phi) is 3.12. The fourth-order valence-corrected chi connectivity index (χ4v) is 1.20. The number of methoxy groups -OCH3 is 1. The number of hydrogen-bond acceptors (Lipinski definition) is 3. The van der Waals surface area contributed by atoms with Crippen LogP contribution in [0, 0.1) is 5.92 Å². The molecule has 1 fully saturated rings. The second kappa shape index (κ2) is 3.91. The second-order valence-corrected chi connectivity index (χ2v) is 2.80. The van der Waals surface area contributed by atoms with Gasteiger partial charge in [0, 0.05) is 39.3 Å². The highest BCUT2D eigenvalue weighted by Gasteiger charge is 2.24. The van der Waals surface area contributed by atoms with Gasteiger partial charge in [0.2, 0.25) is 0 Å². The number of aliphatic hydroxyl groups is 1. The van der Waals surface area contributed by atoms with Crippen LogP contribution in [-0.2, 0) is 4.74 Å². The monoisotopic (exact) mass is 145 g/mol. The molecule has 1 aliphatic rings. The molecule has 1 rings (SSSR count). The lowest BCUT2D eigenvalue weighted by atomic mass is 10.0. The zero-order valence-corrected chi connectivity index (χ0v) is 6.42. The van der Waals surface area contributed by atoms with Gasteiger partial charge in [0.05, 0.1) is 6.61 Å². The van der Waals surface area contributed by atoms with Crippen molar-refractivity contribution in [3.8, 4) is 0 Å². The van der Waals surface area contributed by atoms with E-state index in [1.807, 2.05) is 0 Å². The Morgan fingerprint density at radius 3 is 2.80 bits per heavy atom. The van der Waals surface area contributed by atoms with Crippen molar-refractivity contribution in [3.05, 3.63) is 0 Å². The summed E-state index contributed by atoms with van der Waals surface area (Å²) in [5.74, 6) is 0.525. The highest BCUT2D eigenvalue weighted by molar-refractivity contribution is 4.78. The number of likely N-dealkylation sites (tertiary alicyclic amines) is 1. The third kappa shape index (κ3) is 1.94. The van der Waals surface area contributed by atoms with Gasteiger partial charge in [-0.1, -0.05) is 0 Å². The molecule has 0 atom stereocenters. The molecule has 60 valence electrons. The van der Waals surface area contributed by atoms with Crippen molar-refractivity contribution in [2.24, 2.45) is 5.92 Å². The predicted molar refractivity (Wildman–Crippen MR) is 38.9 cm³/mol. The Hall–Kier alpha value is -0.120. The first-order valence-corrected chi connectivity index (χ1v) is 3.69. The molecule has 1 N–H and O–H groups in total. The van der Waals surface area contributed by atoms with Crippen LogP contribution in [0.1, 0.15) is 0 Å². The first kappa shape index (κ1) is 7.98. The van der Waals surface area contributed by atoms with Gasteiger partial charge >= 0.3 is 0 Å². The molecule has 0 aromatic carbocycles. The standard InChI is InChI=1S/C7H15NO2/c1-10-3-2-8-4-7(5-8)6-9/h7,9H,2-6H2,1H3. The van der Waals surface area contributed by atoms with Crippen molar-refractivity contribution in [1.82, 2.24) is 4.90 Å². The molecule has 0 radical (unpaired) electrons. The molecule has 3 heteroatoms. The minimum Gasteiger partial charge on any atom is -0.396 e. The Balaban J connectivity index is 1.93. The van der Waals surface area contributed by atoms with Crippen molar-refractivity contribution in [2.75, 3.05) is 40.0 Å². The largest absolute Gasteiger partial charge is 0.396 e. The number of nitrogens with zero attached hydrogens (tertiary/aromatic N) is 1. The topological polar surface area (TPSA) is 32.7 Å². The molecular formula is C7H15NO2. The van der Waals surface area contributed by atoms with Crippen molar-refractivity contribution in [3.63, 3.8) is 0 Å². The molecule has 0 unspecified atom stereocenters. The van der Waals surface area contributed by atoms with E-state index in [0.717, 1.165) is 26.2 Å². The molecule has 0 bridgehead atoms. The lowest BCUT2D eigenvalue weighted by Gasteiger charge is -2.37. The smallest absolute Gasteiger partial charge is 0.0589 e. The molecule has 0 aliphatic carbocycles. The summed E-state index contributed by atoms with van der Waals surface area (Å²) in [6.07, 6.45) is 0. The van der Waals surface area contributed by atoms with Gasteiger partial charge in [0.25, 0.3) is 0 Å². The summed E-state index contributed by atoms with van der Waals surface area (Å²) in [5, 5.41) is 8.67. The minimum absolute atomic E-state index is 0.337. The van der Waals surface area contributed by atoms with Crippen LogP contribution >= 0.6 is 0 Å². The minimum atomic E-state index is 0.337. The Morgan fingerprint density at radius 2 is 2.30 bits per heavy atom. The maximum atomic E-state index is 8.67. The SMILES string of the molecule is COCCN1CC(CO)C1. The Morgan fingerprint density at radius 1 is 1.60 bits per heavy atom. The van der Waals surface area contributed by atoms with Crippen LogP contribution in [0.4, 0.5) is 0 Å². The van der Waals surface area contributed by atoms with Crippen LogP contribution in [-0.4, -0.2) is 50.0 Å². The third-order valence-corrected chi connectivity index (χ3v) is 1.90. The summed E-state index contributed by atoms with van der Waals surface area (Å²) >= 11 is 0. The third-order valence-electron chi connectivity index (χ3n) is 1.90. The molecule has 0 saturated carbocycles. The van der Waals surface area contributed by atoms with Crippen molar-refractivity contribution >= 4 is 0 Å². The van der Waals surface area contributed by atoms with Gasteiger partial charge in [-0.15, -0.1) is 0 Å². The summed E-state index contributed by atoms with van der Waals surface area (Å²) in [5.41, 5.74) is 0. The predicted octanol–water partition coefficient (Wildman–Crippen LogP) is -0.443. The van der Waals surface area contributed by atoms with Gasteiger partial charge in [0.15, 0.2) is 0 Å². The Bertz CT molecular complexity index is 88.9. The molecule has 0 aromatic heterocycles. The van der Waals surface area contributed by atoms with Gasteiger partial charge in [0.1, 0.15) is 0 Å². The maximum absolute atomic E-state index is 8.67. The lowest BCUT2D eigenvalue weighted by Crippen LogP contribution is -2.49. The maximum Gasteiger partial charge on any atom is 0.0589 e. The van der Waals surface area contributed by atoms with Crippen LogP contribution in [0.25, 0.3) is 0 Å². The molecule has 1 heterocycles. The molecule has 1 saturated heterocycles. The fourth-order valence-electron chi connectivity index (χ4n) is 1.20. The van der Waals surface area contributed by atoms with Gasteiger partial charge in [-0.3, -0.25) is 0 Å². The van der Waals surface area contributed by atoms with Gasteiger partial charge < -0.3 is 14.7 Å². The zero-order valence-electron chi connectivity index (χ0n) is 6.42. The quantitative estimate of drug-likeness (QED) is 0.582. The first-order chi connectivity index (χ1) is 4.86. The van der Waals surface area contributed by atoms with Crippen LogP contribution in [0.2, 0.25) is 0 Å². The lowest BCUT2D eigenvalue weighted by molar-refractivity contribution is 0.0337. The van der Waals surface area contributed by atoms with E-state index in [1.165, 1.54) is 0 Å². The molecule has 0 amide bonds. The summed E-state index contributed by atoms with van der Waals surface area (Å²) in [4.78, 5) is 2.28. The zero-order chi connectivity index (χ0) is 7.40. The molecule has 3 nitrogen and oxygen atoms in total. The van der Waals surface area contributed by atoms with Crippen LogP contribution in [0.5, 0.6) is 0 Å². The molecule has 10 heavy (non-hydrogen) atoms. The van der Waals surface area contributed by atoms with Crippen molar-refractivity contribution in [1.29, 1.82) is 0 Å².